The Balaban J connectivity index is 1.65. The number of halogens is 1. The first-order chi connectivity index (χ1) is 9.33. The van der Waals surface area contributed by atoms with Crippen LogP contribution in [0.4, 0.5) is 5.69 Å². The van der Waals surface area contributed by atoms with Crippen LogP contribution in [0.2, 0.25) is 5.02 Å². The molecule has 0 spiro atoms. The molecule has 0 fully saturated rings. The third-order valence-electron chi connectivity index (χ3n) is 2.75. The van der Waals surface area contributed by atoms with Gasteiger partial charge in [0.1, 0.15) is 6.33 Å². The van der Waals surface area contributed by atoms with Crippen molar-refractivity contribution in [3.63, 3.8) is 0 Å². The first-order valence-corrected chi connectivity index (χ1v) is 7.20. The van der Waals surface area contributed by atoms with Crippen molar-refractivity contribution in [1.29, 1.82) is 0 Å². The molecule has 0 unspecified atom stereocenters. The molecule has 19 heavy (non-hydrogen) atoms. The van der Waals surface area contributed by atoms with Gasteiger partial charge in [0.05, 0.1) is 16.9 Å². The van der Waals surface area contributed by atoms with Gasteiger partial charge in [-0.05, 0) is 48.3 Å². The second-order valence-electron chi connectivity index (χ2n) is 4.02. The van der Waals surface area contributed by atoms with Gasteiger partial charge in [-0.15, -0.1) is 0 Å². The number of para-hydroxylation sites is 2. The Morgan fingerprint density at radius 1 is 1.11 bits per heavy atom. The molecule has 0 saturated carbocycles. The molecule has 0 amide bonds. The Morgan fingerprint density at radius 3 is 2.74 bits per heavy atom. The van der Waals surface area contributed by atoms with Crippen LogP contribution in [0.5, 0.6) is 0 Å². The van der Waals surface area contributed by atoms with Crippen molar-refractivity contribution in [3.05, 3.63) is 59.9 Å². The highest BCUT2D eigenvalue weighted by Gasteiger charge is 2.01. The van der Waals surface area contributed by atoms with Gasteiger partial charge in [0.2, 0.25) is 0 Å². The molecule has 0 bridgehead atoms. The average Bonchev–Trinajstić information content (AvgIpc) is 2.85. The van der Waals surface area contributed by atoms with E-state index >= 15 is 0 Å². The molecule has 2 aromatic carbocycles. The minimum Gasteiger partial charge on any atom is -0.374 e. The summed E-state index contributed by atoms with van der Waals surface area (Å²) in [6.45, 7) is 0. The number of aromatic nitrogens is 2. The summed E-state index contributed by atoms with van der Waals surface area (Å²) in [7, 11) is 0. The number of hydrogen-bond donors (Lipinski definition) is 1. The molecule has 3 nitrogen and oxygen atoms in total. The Morgan fingerprint density at radius 2 is 1.89 bits per heavy atom. The minimum absolute atomic E-state index is 0.749. The molecule has 3 rings (SSSR count). The fourth-order valence-electron chi connectivity index (χ4n) is 1.79. The molecule has 0 aliphatic carbocycles. The number of anilines is 1. The van der Waals surface area contributed by atoms with E-state index in [4.69, 9.17) is 11.6 Å². The first kappa shape index (κ1) is 12.4. The smallest absolute Gasteiger partial charge is 0.106 e. The third-order valence-corrected chi connectivity index (χ3v) is 3.84. The summed E-state index contributed by atoms with van der Waals surface area (Å²) in [5, 5.41) is 4.08. The molecule has 0 saturated heterocycles. The van der Waals surface area contributed by atoms with Crippen molar-refractivity contribution in [2.75, 3.05) is 11.2 Å². The van der Waals surface area contributed by atoms with Crippen LogP contribution in [-0.4, -0.2) is 14.8 Å². The van der Waals surface area contributed by atoms with E-state index in [1.807, 2.05) is 48.8 Å². The van der Waals surface area contributed by atoms with Crippen molar-refractivity contribution in [2.24, 2.45) is 0 Å². The van der Waals surface area contributed by atoms with Gasteiger partial charge in [0, 0.05) is 10.7 Å². The summed E-state index contributed by atoms with van der Waals surface area (Å²) in [6, 6.07) is 15.8. The largest absolute Gasteiger partial charge is 0.374 e. The molecule has 0 aliphatic heterocycles. The predicted octanol–water partition coefficient (Wildman–Crippen LogP) is 4.26. The van der Waals surface area contributed by atoms with Gasteiger partial charge in [-0.2, -0.15) is 0 Å². The van der Waals surface area contributed by atoms with E-state index in [9.17, 15) is 0 Å². The van der Waals surface area contributed by atoms with Crippen LogP contribution in [0.1, 0.15) is 0 Å². The number of hydrogen-bond acceptors (Lipinski definition) is 3. The highest BCUT2D eigenvalue weighted by molar-refractivity contribution is 7.98. The molecule has 1 aromatic heterocycles. The van der Waals surface area contributed by atoms with Crippen LogP contribution in [0, 0.1) is 0 Å². The van der Waals surface area contributed by atoms with Gasteiger partial charge in [0.25, 0.3) is 0 Å². The highest BCUT2D eigenvalue weighted by Crippen LogP contribution is 2.19. The lowest BCUT2D eigenvalue weighted by molar-refractivity contribution is 1.26. The Hall–Kier alpha value is -1.65. The van der Waals surface area contributed by atoms with Gasteiger partial charge in [-0.1, -0.05) is 23.7 Å². The molecule has 96 valence electrons. The van der Waals surface area contributed by atoms with Gasteiger partial charge in [0.15, 0.2) is 0 Å². The van der Waals surface area contributed by atoms with Gasteiger partial charge in [-0.25, -0.2) is 4.98 Å². The number of nitrogens with zero attached hydrogens (tertiary/aromatic N) is 2. The summed E-state index contributed by atoms with van der Waals surface area (Å²) in [5.41, 5.74) is 3.20. The van der Waals surface area contributed by atoms with Crippen LogP contribution in [0.15, 0.2) is 54.9 Å². The Bertz CT molecular complexity index is 678. The van der Waals surface area contributed by atoms with E-state index in [2.05, 4.69) is 20.3 Å². The van der Waals surface area contributed by atoms with Crippen molar-refractivity contribution < 1.29 is 0 Å². The number of imidazole rings is 1. The van der Waals surface area contributed by atoms with Crippen LogP contribution in [0.3, 0.4) is 0 Å². The summed E-state index contributed by atoms with van der Waals surface area (Å²) in [4.78, 5) is 4.35. The molecular weight excluding hydrogens is 278 g/mol. The first-order valence-electron chi connectivity index (χ1n) is 5.88. The van der Waals surface area contributed by atoms with Crippen molar-refractivity contribution in [1.82, 2.24) is 8.96 Å². The monoisotopic (exact) mass is 289 g/mol. The topological polar surface area (TPSA) is 29.9 Å². The van der Waals surface area contributed by atoms with Gasteiger partial charge in [-0.3, -0.25) is 3.97 Å². The normalized spacial score (nSPS) is 10.8. The van der Waals surface area contributed by atoms with Crippen molar-refractivity contribution in [3.8, 4) is 0 Å². The summed E-state index contributed by atoms with van der Waals surface area (Å²) < 4.78 is 2.07. The lowest BCUT2D eigenvalue weighted by atomic mass is 10.3. The summed E-state index contributed by atoms with van der Waals surface area (Å²) >= 11 is 7.51. The van der Waals surface area contributed by atoms with Crippen LogP contribution in [0.25, 0.3) is 11.0 Å². The van der Waals surface area contributed by atoms with E-state index in [0.717, 1.165) is 27.6 Å². The molecule has 1 N–H and O–H groups in total. The quantitative estimate of drug-likeness (QED) is 0.728. The molecule has 0 atom stereocenters. The van der Waals surface area contributed by atoms with Crippen LogP contribution >= 0.6 is 23.5 Å². The third kappa shape index (κ3) is 2.85. The van der Waals surface area contributed by atoms with E-state index in [0.29, 0.717) is 0 Å². The standard InChI is InChI=1S/C14H12ClN3S/c15-11-5-7-12(8-6-11)17-10-19-18-9-16-13-3-1-2-4-14(13)18/h1-9,17H,10H2. The molecule has 1 heterocycles. The molecule has 0 radical (unpaired) electrons. The minimum atomic E-state index is 0.749. The van der Waals surface area contributed by atoms with E-state index in [-0.39, 0.29) is 0 Å². The summed E-state index contributed by atoms with van der Waals surface area (Å²) in [5.74, 6) is 0.766. The fourth-order valence-corrected chi connectivity index (χ4v) is 2.70. The Kier molecular flexibility index (Phi) is 3.62. The average molecular weight is 290 g/mol. The molecule has 5 heteroatoms. The lowest BCUT2D eigenvalue weighted by Gasteiger charge is -2.07. The maximum absolute atomic E-state index is 5.85. The van der Waals surface area contributed by atoms with Gasteiger partial charge >= 0.3 is 0 Å². The zero-order valence-electron chi connectivity index (χ0n) is 10.1. The maximum atomic E-state index is 5.85. The van der Waals surface area contributed by atoms with Crippen LogP contribution < -0.4 is 5.32 Å². The van der Waals surface area contributed by atoms with Crippen LogP contribution in [-0.2, 0) is 0 Å². The second-order valence-corrected chi connectivity index (χ2v) is 5.39. The number of rotatable bonds is 4. The Labute approximate surface area is 120 Å². The zero-order chi connectivity index (χ0) is 13.1. The SMILES string of the molecule is Clc1ccc(NCSn2cnc3ccccc32)cc1. The fraction of sp³-hybridized carbons (Fsp3) is 0.0714. The molecular formula is C14H12ClN3S. The molecule has 3 aromatic rings. The zero-order valence-corrected chi connectivity index (χ0v) is 11.7. The highest BCUT2D eigenvalue weighted by atomic mass is 35.5. The predicted molar refractivity (Wildman–Crippen MR) is 82.7 cm³/mol. The van der Waals surface area contributed by atoms with E-state index in [1.54, 1.807) is 11.9 Å². The number of nitrogens with one attached hydrogen (secondary N) is 1. The number of fused-ring (bicyclic) bond motifs is 1. The number of benzene rings is 2. The van der Waals surface area contributed by atoms with E-state index < -0.39 is 0 Å². The molecule has 0 aliphatic rings. The summed E-state index contributed by atoms with van der Waals surface area (Å²) in [6.07, 6.45) is 1.85. The second kappa shape index (κ2) is 5.55. The van der Waals surface area contributed by atoms with Crippen molar-refractivity contribution in [2.45, 2.75) is 0 Å². The van der Waals surface area contributed by atoms with Crippen molar-refractivity contribution >= 4 is 40.3 Å². The van der Waals surface area contributed by atoms with Gasteiger partial charge < -0.3 is 5.32 Å². The van der Waals surface area contributed by atoms with E-state index in [1.165, 1.54) is 0 Å². The lowest BCUT2D eigenvalue weighted by Crippen LogP contribution is -1.99. The maximum Gasteiger partial charge on any atom is 0.106 e.